The molecular formula is C21H25N3O3. The molecule has 0 N–H and O–H groups in total. The van der Waals surface area contributed by atoms with Gasteiger partial charge in [-0.05, 0) is 43.7 Å². The van der Waals surface area contributed by atoms with Gasteiger partial charge in [0, 0.05) is 12.6 Å². The Morgan fingerprint density at radius 3 is 2.63 bits per heavy atom. The van der Waals surface area contributed by atoms with Gasteiger partial charge in [-0.3, -0.25) is 9.59 Å². The number of benzene rings is 1. The molecule has 1 saturated carbocycles. The van der Waals surface area contributed by atoms with E-state index in [1.165, 1.54) is 43.5 Å². The van der Waals surface area contributed by atoms with Crippen molar-refractivity contribution in [2.24, 2.45) is 5.92 Å². The third-order valence-corrected chi connectivity index (χ3v) is 5.82. The molecule has 0 spiro atoms. The average molecular weight is 367 g/mol. The molecule has 2 aromatic rings. The highest BCUT2D eigenvalue weighted by atomic mass is 16.5. The molecule has 1 amide bonds. The van der Waals surface area contributed by atoms with Crippen molar-refractivity contribution in [3.8, 4) is 11.4 Å². The first-order chi connectivity index (χ1) is 13.2. The van der Waals surface area contributed by atoms with Gasteiger partial charge in [-0.2, -0.15) is 9.78 Å². The van der Waals surface area contributed by atoms with Crippen LogP contribution in [0.1, 0.15) is 49.0 Å². The van der Waals surface area contributed by atoms with Crippen molar-refractivity contribution in [2.45, 2.75) is 44.6 Å². The molecule has 2 aliphatic rings. The van der Waals surface area contributed by atoms with Crippen LogP contribution in [0.2, 0.25) is 0 Å². The molecule has 1 aromatic carbocycles. The molecule has 0 unspecified atom stereocenters. The van der Waals surface area contributed by atoms with Gasteiger partial charge in [0.15, 0.2) is 11.4 Å². The van der Waals surface area contributed by atoms with E-state index >= 15 is 0 Å². The maximum Gasteiger partial charge on any atom is 0.278 e. The fourth-order valence-corrected chi connectivity index (χ4v) is 4.51. The maximum absolute atomic E-state index is 13.4. The number of carbonyl (C=O) groups is 1. The molecular weight excluding hydrogens is 342 g/mol. The number of hydrogen-bond donors (Lipinski definition) is 0. The number of methoxy groups -OCH3 is 1. The van der Waals surface area contributed by atoms with Crippen molar-refractivity contribution < 1.29 is 9.53 Å². The molecule has 6 heteroatoms. The van der Waals surface area contributed by atoms with Gasteiger partial charge in [-0.25, -0.2) is 0 Å². The van der Waals surface area contributed by atoms with E-state index in [1.807, 2.05) is 23.1 Å². The summed E-state index contributed by atoms with van der Waals surface area (Å²) in [6, 6.07) is 10.8. The summed E-state index contributed by atoms with van der Waals surface area (Å²) in [6.45, 7) is 0.745. The summed E-state index contributed by atoms with van der Waals surface area (Å²) < 4.78 is 6.62. The van der Waals surface area contributed by atoms with Crippen LogP contribution in [0, 0.1) is 5.92 Å². The van der Waals surface area contributed by atoms with Gasteiger partial charge in [-0.15, -0.1) is 0 Å². The number of fused-ring (bicyclic) bond motifs is 1. The number of para-hydroxylation sites is 1. The lowest BCUT2D eigenvalue weighted by Gasteiger charge is -2.44. The van der Waals surface area contributed by atoms with Crippen molar-refractivity contribution in [1.82, 2.24) is 14.7 Å². The second-order valence-electron chi connectivity index (χ2n) is 7.40. The zero-order valence-corrected chi connectivity index (χ0v) is 15.6. The molecule has 2 fully saturated rings. The maximum atomic E-state index is 13.4. The monoisotopic (exact) mass is 367 g/mol. The third-order valence-electron chi connectivity index (χ3n) is 5.82. The number of piperidine rings is 1. The quantitative estimate of drug-likeness (QED) is 0.836. The average Bonchev–Trinajstić information content (AvgIpc) is 2.73. The van der Waals surface area contributed by atoms with Gasteiger partial charge in [0.2, 0.25) is 0 Å². The Balaban J connectivity index is 1.73. The predicted octanol–water partition coefficient (Wildman–Crippen LogP) is 3.04. The topological polar surface area (TPSA) is 64.4 Å². The van der Waals surface area contributed by atoms with Crippen LogP contribution in [0.5, 0.6) is 5.75 Å². The summed E-state index contributed by atoms with van der Waals surface area (Å²) in [5, 5.41) is 4.41. The van der Waals surface area contributed by atoms with Crippen LogP contribution >= 0.6 is 0 Å². The number of aromatic nitrogens is 2. The zero-order valence-electron chi connectivity index (χ0n) is 15.6. The first-order valence-electron chi connectivity index (χ1n) is 9.74. The summed E-state index contributed by atoms with van der Waals surface area (Å²) >= 11 is 0. The Morgan fingerprint density at radius 2 is 1.85 bits per heavy atom. The number of carbonyl (C=O) groups excluding carboxylic acids is 1. The van der Waals surface area contributed by atoms with E-state index in [9.17, 15) is 9.59 Å². The van der Waals surface area contributed by atoms with E-state index in [0.29, 0.717) is 11.6 Å². The largest absolute Gasteiger partial charge is 0.494 e. The molecule has 6 nitrogen and oxygen atoms in total. The lowest BCUT2D eigenvalue weighted by Crippen LogP contribution is -2.50. The smallest absolute Gasteiger partial charge is 0.278 e. The number of nitrogens with zero attached hydrogens (tertiary/aromatic N) is 3. The van der Waals surface area contributed by atoms with Gasteiger partial charge in [0.1, 0.15) is 0 Å². The van der Waals surface area contributed by atoms with E-state index in [1.54, 1.807) is 12.1 Å². The normalized spacial score (nSPS) is 22.2. The minimum Gasteiger partial charge on any atom is -0.494 e. The minimum absolute atomic E-state index is 0.131. The molecule has 1 aliphatic carbocycles. The molecule has 0 radical (unpaired) electrons. The Morgan fingerprint density at radius 1 is 1.11 bits per heavy atom. The second kappa shape index (κ2) is 7.55. The fraction of sp³-hybridized carbons (Fsp3) is 0.476. The second-order valence-corrected chi connectivity index (χ2v) is 7.40. The molecule has 0 bridgehead atoms. The van der Waals surface area contributed by atoms with Crippen LogP contribution in [-0.2, 0) is 0 Å². The SMILES string of the molecule is COc1cc(=O)n(-c2ccccc2)nc1C(=O)N1CCC[C@H]2CCCC[C@@H]21. The van der Waals surface area contributed by atoms with Crippen molar-refractivity contribution in [3.63, 3.8) is 0 Å². The number of likely N-dealkylation sites (tertiary alicyclic amines) is 1. The highest BCUT2D eigenvalue weighted by molar-refractivity contribution is 5.95. The van der Waals surface area contributed by atoms with Gasteiger partial charge in [0.05, 0.1) is 18.9 Å². The van der Waals surface area contributed by atoms with Crippen LogP contribution in [0.4, 0.5) is 0 Å². The van der Waals surface area contributed by atoms with E-state index in [-0.39, 0.29) is 29.0 Å². The zero-order chi connectivity index (χ0) is 18.8. The first kappa shape index (κ1) is 17.8. The van der Waals surface area contributed by atoms with Crippen molar-refractivity contribution in [2.75, 3.05) is 13.7 Å². The molecule has 1 saturated heterocycles. The summed E-state index contributed by atoms with van der Waals surface area (Å²) in [5.74, 6) is 0.700. The van der Waals surface area contributed by atoms with Crippen molar-refractivity contribution in [1.29, 1.82) is 0 Å². The highest BCUT2D eigenvalue weighted by Crippen LogP contribution is 2.36. The molecule has 142 valence electrons. The molecule has 2 atom stereocenters. The van der Waals surface area contributed by atoms with E-state index < -0.39 is 0 Å². The van der Waals surface area contributed by atoms with Crippen LogP contribution in [0.15, 0.2) is 41.2 Å². The third kappa shape index (κ3) is 3.36. The number of amides is 1. The lowest BCUT2D eigenvalue weighted by atomic mass is 9.78. The number of rotatable bonds is 3. The van der Waals surface area contributed by atoms with Crippen molar-refractivity contribution >= 4 is 5.91 Å². The molecule has 4 rings (SSSR count). The first-order valence-corrected chi connectivity index (χ1v) is 9.74. The predicted molar refractivity (Wildman–Crippen MR) is 102 cm³/mol. The van der Waals surface area contributed by atoms with Crippen LogP contribution in [0.25, 0.3) is 5.69 Å². The van der Waals surface area contributed by atoms with Gasteiger partial charge in [0.25, 0.3) is 11.5 Å². The molecule has 1 aliphatic heterocycles. The van der Waals surface area contributed by atoms with Gasteiger partial charge in [-0.1, -0.05) is 31.0 Å². The lowest BCUT2D eigenvalue weighted by molar-refractivity contribution is 0.0380. The van der Waals surface area contributed by atoms with Crippen LogP contribution in [-0.4, -0.2) is 40.3 Å². The van der Waals surface area contributed by atoms with Crippen LogP contribution in [0.3, 0.4) is 0 Å². The van der Waals surface area contributed by atoms with Crippen molar-refractivity contribution in [3.05, 3.63) is 52.4 Å². The minimum atomic E-state index is -0.316. The summed E-state index contributed by atoms with van der Waals surface area (Å²) in [4.78, 5) is 27.8. The fourth-order valence-electron chi connectivity index (χ4n) is 4.51. The summed E-state index contributed by atoms with van der Waals surface area (Å²) in [6.07, 6.45) is 6.89. The van der Waals surface area contributed by atoms with E-state index in [4.69, 9.17) is 4.74 Å². The molecule has 2 heterocycles. The Bertz CT molecular complexity index is 876. The summed E-state index contributed by atoms with van der Waals surface area (Å²) in [5.41, 5.74) is 0.532. The Kier molecular flexibility index (Phi) is 4.97. The highest BCUT2D eigenvalue weighted by Gasteiger charge is 2.37. The Hall–Kier alpha value is -2.63. The summed E-state index contributed by atoms with van der Waals surface area (Å²) in [7, 11) is 1.47. The standard InChI is InChI=1S/C21H25N3O3/c1-27-18-14-19(25)24(16-10-3-2-4-11-16)22-20(18)21(26)23-13-7-9-15-8-5-6-12-17(15)23/h2-4,10-11,14-15,17H,5-9,12-13H2,1H3/t15-,17+/m1/s1. The van der Waals surface area contributed by atoms with E-state index in [0.717, 1.165) is 19.4 Å². The van der Waals surface area contributed by atoms with E-state index in [2.05, 4.69) is 5.10 Å². The molecule has 1 aromatic heterocycles. The number of ether oxygens (including phenoxy) is 1. The Labute approximate surface area is 158 Å². The van der Waals surface area contributed by atoms with Gasteiger partial charge >= 0.3 is 0 Å². The van der Waals surface area contributed by atoms with Crippen LogP contribution < -0.4 is 10.3 Å². The molecule has 27 heavy (non-hydrogen) atoms. The van der Waals surface area contributed by atoms with Gasteiger partial charge < -0.3 is 9.64 Å². The number of hydrogen-bond acceptors (Lipinski definition) is 4.